The van der Waals surface area contributed by atoms with E-state index in [9.17, 15) is 28.8 Å². The van der Waals surface area contributed by atoms with E-state index >= 15 is 0 Å². The molecular formula is C38H48O12. The Hall–Kier alpha value is -4.22. The maximum atomic E-state index is 12.8. The summed E-state index contributed by atoms with van der Waals surface area (Å²) in [5, 5.41) is 0. The Morgan fingerprint density at radius 3 is 2.16 bits per heavy atom. The molecule has 4 aliphatic carbocycles. The van der Waals surface area contributed by atoms with Gasteiger partial charge < -0.3 is 28.4 Å². The van der Waals surface area contributed by atoms with Gasteiger partial charge in [-0.05, 0) is 91.9 Å². The largest absolute Gasteiger partial charge is 0.508 e. The van der Waals surface area contributed by atoms with E-state index in [1.54, 1.807) is 24.3 Å². The average molecular weight is 697 g/mol. The molecule has 0 aromatic heterocycles. The molecule has 0 spiro atoms. The molecule has 0 bridgehead atoms. The molecule has 0 saturated heterocycles. The molecule has 0 aliphatic heterocycles. The van der Waals surface area contributed by atoms with E-state index in [0.717, 1.165) is 44.9 Å². The van der Waals surface area contributed by atoms with Crippen LogP contribution in [-0.2, 0) is 54.3 Å². The Bertz CT molecular complexity index is 1480. The maximum Gasteiger partial charge on any atom is 0.508 e. The third kappa shape index (κ3) is 8.73. The van der Waals surface area contributed by atoms with Crippen LogP contribution >= 0.6 is 0 Å². The smallest absolute Gasteiger partial charge is 0.462 e. The van der Waals surface area contributed by atoms with E-state index in [1.807, 2.05) is 6.08 Å². The molecule has 1 aromatic carbocycles. The minimum absolute atomic E-state index is 0.00942. The fraction of sp³-hybridized carbons (Fsp3) is 0.632. The fourth-order valence-corrected chi connectivity index (χ4v) is 8.82. The minimum Gasteiger partial charge on any atom is -0.462 e. The first kappa shape index (κ1) is 37.0. The zero-order valence-electron chi connectivity index (χ0n) is 29.4. The highest BCUT2D eigenvalue weighted by Crippen LogP contribution is 2.65. The van der Waals surface area contributed by atoms with Crippen molar-refractivity contribution in [3.8, 4) is 5.75 Å². The van der Waals surface area contributed by atoms with Crippen LogP contribution in [0.4, 0.5) is 4.79 Å². The summed E-state index contributed by atoms with van der Waals surface area (Å²) in [6.45, 7) is 6.42. The summed E-state index contributed by atoms with van der Waals surface area (Å²) >= 11 is 0. The van der Waals surface area contributed by atoms with Crippen LogP contribution in [0.2, 0.25) is 0 Å². The van der Waals surface area contributed by atoms with Gasteiger partial charge in [0.25, 0.3) is 0 Å². The number of fused-ring (bicyclic) bond motifs is 5. The van der Waals surface area contributed by atoms with Crippen LogP contribution in [0.15, 0.2) is 35.9 Å². The van der Waals surface area contributed by atoms with Gasteiger partial charge in [0.1, 0.15) is 31.7 Å². The molecule has 6 atom stereocenters. The molecule has 1 aromatic rings. The first-order valence-corrected chi connectivity index (χ1v) is 17.6. The van der Waals surface area contributed by atoms with Gasteiger partial charge in [-0.15, -0.1) is 0 Å². The minimum atomic E-state index is -1.01. The molecule has 4 aliphatic rings. The Kier molecular flexibility index (Phi) is 11.7. The molecule has 0 amide bonds. The summed E-state index contributed by atoms with van der Waals surface area (Å²) in [5.74, 6) is -0.471. The summed E-state index contributed by atoms with van der Waals surface area (Å²) < 4.78 is 31.6. The molecule has 12 nitrogen and oxygen atoms in total. The number of ether oxygens (including phenoxy) is 6. The highest BCUT2D eigenvalue weighted by atomic mass is 16.7. The summed E-state index contributed by atoms with van der Waals surface area (Å²) in [5.41, 5.74) is 2.03. The highest BCUT2D eigenvalue weighted by Gasteiger charge is 2.60. The molecular weight excluding hydrogens is 648 g/mol. The average Bonchev–Trinajstić information content (AvgIpc) is 3.40. The topological polar surface area (TPSA) is 158 Å². The van der Waals surface area contributed by atoms with Crippen molar-refractivity contribution >= 4 is 35.8 Å². The monoisotopic (exact) mass is 696 g/mol. The first-order chi connectivity index (χ1) is 23.8. The lowest BCUT2D eigenvalue weighted by molar-refractivity contribution is -0.165. The van der Waals surface area contributed by atoms with Crippen LogP contribution in [0.1, 0.15) is 97.5 Å². The van der Waals surface area contributed by atoms with Gasteiger partial charge in [-0.25, -0.2) is 4.79 Å². The van der Waals surface area contributed by atoms with Crippen molar-refractivity contribution in [3.63, 3.8) is 0 Å². The highest BCUT2D eigenvalue weighted by molar-refractivity contribution is 5.91. The van der Waals surface area contributed by atoms with Crippen LogP contribution in [-0.4, -0.2) is 61.2 Å². The second kappa shape index (κ2) is 15.8. The van der Waals surface area contributed by atoms with Crippen LogP contribution in [0.5, 0.6) is 5.75 Å². The Labute approximate surface area is 292 Å². The molecule has 0 heterocycles. The van der Waals surface area contributed by atoms with Crippen molar-refractivity contribution in [2.24, 2.45) is 28.6 Å². The van der Waals surface area contributed by atoms with Gasteiger partial charge >= 0.3 is 30.0 Å². The molecule has 0 N–H and O–H groups in total. The van der Waals surface area contributed by atoms with Crippen LogP contribution in [0, 0.1) is 28.6 Å². The van der Waals surface area contributed by atoms with Gasteiger partial charge in [0.05, 0.1) is 12.8 Å². The van der Waals surface area contributed by atoms with Gasteiger partial charge in [-0.3, -0.25) is 24.0 Å². The summed E-state index contributed by atoms with van der Waals surface area (Å²) in [6, 6.07) is 6.45. The third-order valence-electron chi connectivity index (χ3n) is 11.4. The number of carbonyl (C=O) groups is 6. The number of hydrogen-bond donors (Lipinski definition) is 0. The van der Waals surface area contributed by atoms with Crippen molar-refractivity contribution in [2.75, 3.05) is 13.2 Å². The number of rotatable bonds is 12. The first-order valence-electron chi connectivity index (χ1n) is 17.6. The van der Waals surface area contributed by atoms with E-state index in [2.05, 4.69) is 13.8 Å². The molecule has 3 fully saturated rings. The van der Waals surface area contributed by atoms with Gasteiger partial charge in [-0.1, -0.05) is 31.6 Å². The molecule has 12 heteroatoms. The number of ketones is 1. The second-order valence-electron chi connectivity index (χ2n) is 14.6. The zero-order chi connectivity index (χ0) is 36.1. The lowest BCUT2D eigenvalue weighted by Crippen LogP contribution is -2.51. The Morgan fingerprint density at radius 2 is 1.48 bits per heavy atom. The lowest BCUT2D eigenvalue weighted by atomic mass is 9.47. The normalized spacial score (nSPS) is 28.3. The van der Waals surface area contributed by atoms with Crippen molar-refractivity contribution in [1.29, 1.82) is 0 Å². The predicted octanol–water partition coefficient (Wildman–Crippen LogP) is 5.96. The molecule has 5 rings (SSSR count). The van der Waals surface area contributed by atoms with E-state index in [1.165, 1.54) is 19.4 Å². The third-order valence-corrected chi connectivity index (χ3v) is 11.4. The zero-order valence-corrected chi connectivity index (χ0v) is 29.4. The van der Waals surface area contributed by atoms with Crippen molar-refractivity contribution in [2.45, 2.75) is 111 Å². The number of esters is 4. The number of benzene rings is 1. The molecule has 50 heavy (non-hydrogen) atoms. The van der Waals surface area contributed by atoms with Crippen molar-refractivity contribution in [3.05, 3.63) is 41.5 Å². The standard InChI is InChI=1S/C38H48O12/c1-23(39)45-21-29(22-46-24(2)40)49-35(43)14-13-34(42)48-28-8-5-25(6-9-28)20-47-36(44)50-33-12-11-31-30-10-7-26-19-27(41)15-17-37(26,3)32(30)16-18-38(31,33)4/h5-6,8-9,19,29-33H,7,10-18,20-22H2,1-4H3/t30-,31-,32-,33-,37-,38-/m0/s1. The van der Waals surface area contributed by atoms with Crippen LogP contribution in [0.3, 0.4) is 0 Å². The molecule has 0 unspecified atom stereocenters. The predicted molar refractivity (Wildman–Crippen MR) is 176 cm³/mol. The molecule has 272 valence electrons. The fourth-order valence-electron chi connectivity index (χ4n) is 8.82. The number of hydrogen-bond acceptors (Lipinski definition) is 12. The Balaban J connectivity index is 1.04. The molecule has 0 radical (unpaired) electrons. The van der Waals surface area contributed by atoms with E-state index in [4.69, 9.17) is 28.4 Å². The summed E-state index contributed by atoms with van der Waals surface area (Å²) in [4.78, 5) is 71.7. The van der Waals surface area contributed by atoms with Crippen LogP contribution < -0.4 is 4.74 Å². The SMILES string of the molecule is CC(=O)OCC(COC(C)=O)OC(=O)CCC(=O)Oc1ccc(COC(=O)O[C@H]2CC[C@H]3[C@@H]4CCC5=CC(=O)CC[C@]5(C)[C@H]4CC[C@]23C)cc1. The van der Waals surface area contributed by atoms with Gasteiger partial charge in [0, 0.05) is 25.7 Å². The molecule has 3 saturated carbocycles. The number of allylic oxidation sites excluding steroid dienone is 1. The number of carbonyl (C=O) groups excluding carboxylic acids is 6. The van der Waals surface area contributed by atoms with E-state index in [0.29, 0.717) is 29.7 Å². The second-order valence-corrected chi connectivity index (χ2v) is 14.6. The quantitative estimate of drug-likeness (QED) is 0.144. The van der Waals surface area contributed by atoms with E-state index < -0.39 is 36.1 Å². The summed E-state index contributed by atoms with van der Waals surface area (Å²) in [7, 11) is 0. The van der Waals surface area contributed by atoms with Gasteiger partial charge in [-0.2, -0.15) is 0 Å². The van der Waals surface area contributed by atoms with Crippen LogP contribution in [0.25, 0.3) is 0 Å². The summed E-state index contributed by atoms with van der Waals surface area (Å²) in [6.07, 6.45) is 7.01. The van der Waals surface area contributed by atoms with Crippen molar-refractivity contribution < 1.29 is 57.2 Å². The van der Waals surface area contributed by atoms with Gasteiger partial charge in [0.2, 0.25) is 0 Å². The van der Waals surface area contributed by atoms with Crippen molar-refractivity contribution in [1.82, 2.24) is 0 Å². The van der Waals surface area contributed by atoms with Gasteiger partial charge in [0.15, 0.2) is 11.9 Å². The lowest BCUT2D eigenvalue weighted by Gasteiger charge is -2.57. The van der Waals surface area contributed by atoms with E-state index in [-0.39, 0.29) is 61.1 Å². The maximum absolute atomic E-state index is 12.8. The Morgan fingerprint density at radius 1 is 0.800 bits per heavy atom.